The van der Waals surface area contributed by atoms with Crippen LogP contribution in [0.2, 0.25) is 0 Å². The number of nitrogens with zero attached hydrogens (tertiary/aromatic N) is 1. The molecule has 1 aromatic rings. The summed E-state index contributed by atoms with van der Waals surface area (Å²) in [6.07, 6.45) is 2.14. The second kappa shape index (κ2) is 7.99. The Bertz CT molecular complexity index is 529. The summed E-state index contributed by atoms with van der Waals surface area (Å²) in [6.45, 7) is 4.26. The Labute approximate surface area is 137 Å². The van der Waals surface area contributed by atoms with E-state index in [1.165, 1.54) is 7.11 Å². The molecule has 0 radical (unpaired) electrons. The quantitative estimate of drug-likeness (QED) is 0.799. The van der Waals surface area contributed by atoms with Crippen molar-refractivity contribution in [1.29, 1.82) is 0 Å². The molecule has 0 N–H and O–H groups in total. The van der Waals surface area contributed by atoms with Crippen molar-refractivity contribution in [2.75, 3.05) is 13.7 Å². The Morgan fingerprint density at radius 2 is 1.87 bits per heavy atom. The fraction of sp³-hybridized carbons (Fsp3) is 0.556. The van der Waals surface area contributed by atoms with E-state index in [4.69, 9.17) is 9.47 Å². The van der Waals surface area contributed by atoms with E-state index in [1.807, 2.05) is 44.2 Å². The Morgan fingerprint density at radius 3 is 2.48 bits per heavy atom. The van der Waals surface area contributed by atoms with E-state index < -0.39 is 5.92 Å². The lowest BCUT2D eigenvalue weighted by Crippen LogP contribution is -2.49. The third-order valence-electron chi connectivity index (χ3n) is 4.12. The number of esters is 1. The number of ether oxygens (including phenoxy) is 2. The highest BCUT2D eigenvalue weighted by Gasteiger charge is 2.39. The number of carbonyl (C=O) groups excluding carboxylic acids is 2. The van der Waals surface area contributed by atoms with Gasteiger partial charge in [0.2, 0.25) is 0 Å². The van der Waals surface area contributed by atoms with Crippen molar-refractivity contribution >= 4 is 12.1 Å². The van der Waals surface area contributed by atoms with Crippen LogP contribution in [-0.4, -0.2) is 42.8 Å². The number of rotatable bonds is 4. The smallest absolute Gasteiger partial charge is 0.410 e. The summed E-state index contributed by atoms with van der Waals surface area (Å²) in [6, 6.07) is 9.27. The highest BCUT2D eigenvalue weighted by molar-refractivity contribution is 5.80. The van der Waals surface area contributed by atoms with Crippen LogP contribution in [0.5, 0.6) is 0 Å². The molecule has 2 unspecified atom stereocenters. The number of amides is 1. The molecular formula is C18H25NO4. The first-order valence-corrected chi connectivity index (χ1v) is 8.14. The zero-order valence-electron chi connectivity index (χ0n) is 14.0. The van der Waals surface area contributed by atoms with Crippen LogP contribution in [0.15, 0.2) is 30.3 Å². The van der Waals surface area contributed by atoms with Crippen LogP contribution in [-0.2, 0) is 14.3 Å². The third kappa shape index (κ3) is 4.24. The van der Waals surface area contributed by atoms with Gasteiger partial charge in [0, 0.05) is 6.54 Å². The molecule has 1 aliphatic heterocycles. The van der Waals surface area contributed by atoms with Gasteiger partial charge in [-0.1, -0.05) is 30.3 Å². The molecular weight excluding hydrogens is 294 g/mol. The Hall–Kier alpha value is -2.04. The first-order chi connectivity index (χ1) is 11.0. The molecule has 2 atom stereocenters. The van der Waals surface area contributed by atoms with Crippen LogP contribution >= 0.6 is 0 Å². The molecule has 0 saturated carbocycles. The summed E-state index contributed by atoms with van der Waals surface area (Å²) in [4.78, 5) is 26.5. The summed E-state index contributed by atoms with van der Waals surface area (Å²) >= 11 is 0. The maximum Gasteiger partial charge on any atom is 0.410 e. The highest BCUT2D eigenvalue weighted by atomic mass is 16.6. The minimum Gasteiger partial charge on any atom is -0.468 e. The number of likely N-dealkylation sites (tertiary alicyclic amines) is 1. The molecule has 23 heavy (non-hydrogen) atoms. The summed E-state index contributed by atoms with van der Waals surface area (Å²) in [5.74, 6) is -0.799. The second-order valence-corrected chi connectivity index (χ2v) is 6.10. The maximum absolute atomic E-state index is 12.4. The predicted molar refractivity (Wildman–Crippen MR) is 87.2 cm³/mol. The summed E-state index contributed by atoms with van der Waals surface area (Å²) in [5.41, 5.74) is 0.869. The zero-order chi connectivity index (χ0) is 16.8. The molecule has 126 valence electrons. The second-order valence-electron chi connectivity index (χ2n) is 6.10. The normalized spacial score (nSPS) is 19.3. The third-order valence-corrected chi connectivity index (χ3v) is 4.12. The molecule has 0 spiro atoms. The van der Waals surface area contributed by atoms with Crippen molar-refractivity contribution in [3.63, 3.8) is 0 Å². The van der Waals surface area contributed by atoms with Gasteiger partial charge in [-0.25, -0.2) is 4.79 Å². The first-order valence-electron chi connectivity index (χ1n) is 8.14. The number of methoxy groups -OCH3 is 1. The van der Waals surface area contributed by atoms with E-state index in [2.05, 4.69) is 0 Å². The number of piperidine rings is 1. The van der Waals surface area contributed by atoms with Gasteiger partial charge < -0.3 is 14.4 Å². The lowest BCUT2D eigenvalue weighted by Gasteiger charge is -2.39. The molecule has 5 nitrogen and oxygen atoms in total. The molecule has 0 bridgehead atoms. The largest absolute Gasteiger partial charge is 0.468 e. The molecule has 1 fully saturated rings. The summed E-state index contributed by atoms with van der Waals surface area (Å²) in [7, 11) is 1.39. The Balaban J connectivity index is 2.30. The molecule has 1 amide bonds. The number of carbonyl (C=O) groups is 2. The van der Waals surface area contributed by atoms with Crippen molar-refractivity contribution in [3.8, 4) is 0 Å². The van der Waals surface area contributed by atoms with Gasteiger partial charge in [-0.2, -0.15) is 0 Å². The monoisotopic (exact) mass is 319 g/mol. The van der Waals surface area contributed by atoms with Gasteiger partial charge in [0.15, 0.2) is 0 Å². The van der Waals surface area contributed by atoms with Gasteiger partial charge in [-0.15, -0.1) is 0 Å². The highest BCUT2D eigenvalue weighted by Crippen LogP contribution is 2.32. The van der Waals surface area contributed by atoms with Crippen LogP contribution in [0.25, 0.3) is 0 Å². The molecule has 1 aromatic carbocycles. The van der Waals surface area contributed by atoms with Crippen LogP contribution in [0.1, 0.15) is 44.6 Å². The van der Waals surface area contributed by atoms with Gasteiger partial charge in [0.05, 0.1) is 19.3 Å². The molecule has 1 aliphatic rings. The van der Waals surface area contributed by atoms with E-state index in [9.17, 15) is 9.59 Å². The molecule has 2 rings (SSSR count). The van der Waals surface area contributed by atoms with Crippen molar-refractivity contribution in [1.82, 2.24) is 4.90 Å². The van der Waals surface area contributed by atoms with Gasteiger partial charge in [0.1, 0.15) is 5.92 Å². The number of hydrogen-bond donors (Lipinski definition) is 0. The van der Waals surface area contributed by atoms with Crippen molar-refractivity contribution in [3.05, 3.63) is 35.9 Å². The fourth-order valence-electron chi connectivity index (χ4n) is 3.10. The minimum absolute atomic E-state index is 0.182. The van der Waals surface area contributed by atoms with Crippen LogP contribution in [0, 0.1) is 0 Å². The van der Waals surface area contributed by atoms with Crippen molar-refractivity contribution in [2.45, 2.75) is 51.2 Å². The van der Waals surface area contributed by atoms with Crippen molar-refractivity contribution in [2.24, 2.45) is 0 Å². The van der Waals surface area contributed by atoms with Crippen LogP contribution in [0.4, 0.5) is 4.79 Å². The predicted octanol–water partition coefficient (Wildman–Crippen LogP) is 3.34. The Kier molecular flexibility index (Phi) is 6.02. The first kappa shape index (κ1) is 17.3. The van der Waals surface area contributed by atoms with E-state index >= 15 is 0 Å². The average molecular weight is 319 g/mol. The van der Waals surface area contributed by atoms with Crippen LogP contribution in [0.3, 0.4) is 0 Å². The zero-order valence-corrected chi connectivity index (χ0v) is 14.0. The van der Waals surface area contributed by atoms with Gasteiger partial charge >= 0.3 is 12.1 Å². The molecule has 1 saturated heterocycles. The average Bonchev–Trinajstić information content (AvgIpc) is 2.55. The molecule has 5 heteroatoms. The molecule has 0 aromatic heterocycles. The lowest BCUT2D eigenvalue weighted by molar-refractivity contribution is -0.144. The van der Waals surface area contributed by atoms with E-state index in [0.29, 0.717) is 6.54 Å². The molecule has 0 aliphatic carbocycles. The lowest BCUT2D eigenvalue weighted by atomic mass is 9.85. The van der Waals surface area contributed by atoms with E-state index in [1.54, 1.807) is 4.90 Å². The minimum atomic E-state index is -0.485. The fourth-order valence-corrected chi connectivity index (χ4v) is 3.10. The van der Waals surface area contributed by atoms with Crippen molar-refractivity contribution < 1.29 is 19.1 Å². The number of benzene rings is 1. The van der Waals surface area contributed by atoms with Gasteiger partial charge in [-0.3, -0.25) is 4.79 Å². The summed E-state index contributed by atoms with van der Waals surface area (Å²) < 4.78 is 10.4. The molecule has 1 heterocycles. The van der Waals surface area contributed by atoms with Crippen LogP contribution < -0.4 is 0 Å². The van der Waals surface area contributed by atoms with E-state index in [-0.39, 0.29) is 24.2 Å². The maximum atomic E-state index is 12.4. The summed E-state index contributed by atoms with van der Waals surface area (Å²) in [5, 5.41) is 0. The van der Waals surface area contributed by atoms with Gasteiger partial charge in [-0.05, 0) is 38.7 Å². The Morgan fingerprint density at radius 1 is 1.17 bits per heavy atom. The van der Waals surface area contributed by atoms with Gasteiger partial charge in [0.25, 0.3) is 0 Å². The number of hydrogen-bond acceptors (Lipinski definition) is 4. The van der Waals surface area contributed by atoms with E-state index in [0.717, 1.165) is 24.8 Å². The topological polar surface area (TPSA) is 55.8 Å². The SMILES string of the molecule is COC(=O)C(c1ccccc1)C1CCCCN1C(=O)OC(C)C. The standard InChI is InChI=1S/C18H25NO4/c1-13(2)23-18(21)19-12-8-7-11-15(19)16(17(20)22-3)14-9-5-4-6-10-14/h4-6,9-10,13,15-16H,7-8,11-12H2,1-3H3.